The Morgan fingerprint density at radius 1 is 1.07 bits per heavy atom. The molecule has 3 N–H and O–H groups in total. The Morgan fingerprint density at radius 3 is 2.33 bits per heavy atom. The maximum atomic E-state index is 14.4. The molecule has 16 heteroatoms. The zero-order valence-corrected chi connectivity index (χ0v) is 23.8. The van der Waals surface area contributed by atoms with Crippen LogP contribution in [0.5, 0.6) is 0 Å². The molecule has 3 aromatic rings. The summed E-state index contributed by atoms with van der Waals surface area (Å²) in [7, 11) is -4.64. The van der Waals surface area contributed by atoms with Gasteiger partial charge in [-0.15, -0.1) is 0 Å². The number of benzene rings is 3. The average Bonchev–Trinajstić information content (AvgIpc) is 3.27. The first kappa shape index (κ1) is 30.4. The first-order chi connectivity index (χ1) is 20.2. The van der Waals surface area contributed by atoms with Crippen LogP contribution in [0.3, 0.4) is 0 Å². The van der Waals surface area contributed by atoms with Gasteiger partial charge in [-0.3, -0.25) is 14.5 Å². The highest BCUT2D eigenvalue weighted by molar-refractivity contribution is 7.92. The molecular weight excluding hydrogens is 621 g/mol. The molecule has 0 spiro atoms. The van der Waals surface area contributed by atoms with Crippen molar-refractivity contribution in [2.24, 2.45) is 0 Å². The second-order valence-electron chi connectivity index (χ2n) is 9.98. The predicted molar refractivity (Wildman–Crippen MR) is 150 cm³/mol. The van der Waals surface area contributed by atoms with Gasteiger partial charge >= 0.3 is 18.2 Å². The van der Waals surface area contributed by atoms with Crippen molar-refractivity contribution in [2.75, 3.05) is 39.5 Å². The summed E-state index contributed by atoms with van der Waals surface area (Å²) in [6, 6.07) is 6.36. The summed E-state index contributed by atoms with van der Waals surface area (Å²) in [4.78, 5) is 28.3. The minimum absolute atomic E-state index is 0.0294. The molecule has 3 aromatic carbocycles. The number of sulfonamides is 1. The van der Waals surface area contributed by atoms with Gasteiger partial charge in [0.05, 0.1) is 21.8 Å². The number of anilines is 4. The number of carbonyl (C=O) groups is 2. The van der Waals surface area contributed by atoms with Crippen molar-refractivity contribution in [3.8, 4) is 0 Å². The summed E-state index contributed by atoms with van der Waals surface area (Å²) in [6.07, 6.45) is -4.07. The number of hydrogen-bond donors (Lipinski definition) is 3. The van der Waals surface area contributed by atoms with Gasteiger partial charge in [0, 0.05) is 36.3 Å². The molecule has 1 fully saturated rings. The molecule has 0 radical (unpaired) electrons. The Kier molecular flexibility index (Phi) is 7.90. The normalized spacial score (nSPS) is 17.0. The van der Waals surface area contributed by atoms with Crippen molar-refractivity contribution in [1.29, 1.82) is 0 Å². The van der Waals surface area contributed by atoms with Gasteiger partial charge in [-0.25, -0.2) is 26.8 Å². The lowest BCUT2D eigenvalue weighted by Crippen LogP contribution is -2.47. The van der Waals surface area contributed by atoms with Crippen LogP contribution >= 0.6 is 11.6 Å². The summed E-state index contributed by atoms with van der Waals surface area (Å²) in [5.74, 6) is -2.96. The van der Waals surface area contributed by atoms with E-state index in [0.29, 0.717) is 18.5 Å². The lowest BCUT2D eigenvalue weighted by Gasteiger charge is -2.31. The molecule has 4 amide bonds. The van der Waals surface area contributed by atoms with Gasteiger partial charge in [0.1, 0.15) is 5.69 Å². The van der Waals surface area contributed by atoms with E-state index >= 15 is 0 Å². The summed E-state index contributed by atoms with van der Waals surface area (Å²) in [5.41, 5.74) is -1.18. The number of carbonyl (C=O) groups excluding carboxylic acids is 2. The van der Waals surface area contributed by atoms with E-state index in [2.05, 4.69) is 10.6 Å². The fourth-order valence-corrected chi connectivity index (χ4v) is 6.24. The largest absolute Gasteiger partial charge is 0.416 e. The van der Waals surface area contributed by atoms with Crippen molar-refractivity contribution in [1.82, 2.24) is 5.32 Å². The van der Waals surface area contributed by atoms with Gasteiger partial charge in [0.2, 0.25) is 0 Å². The van der Waals surface area contributed by atoms with Gasteiger partial charge in [-0.1, -0.05) is 18.5 Å². The maximum absolute atomic E-state index is 14.4. The Bertz CT molecular complexity index is 1700. The molecule has 1 unspecified atom stereocenters. The van der Waals surface area contributed by atoms with Crippen LogP contribution in [-0.4, -0.2) is 40.1 Å². The first-order valence-corrected chi connectivity index (χ1v) is 14.7. The molecule has 0 bridgehead atoms. The van der Waals surface area contributed by atoms with E-state index in [-0.39, 0.29) is 35.2 Å². The number of urea groups is 2. The number of hydrogen-bond acceptors (Lipinski definition) is 4. The number of fused-ring (bicyclic) bond motifs is 1. The fraction of sp³-hybridized carbons (Fsp3) is 0.259. The third-order valence-corrected chi connectivity index (χ3v) is 8.53. The molecule has 9 nitrogen and oxygen atoms in total. The van der Waals surface area contributed by atoms with Gasteiger partial charge in [-0.05, 0) is 60.5 Å². The van der Waals surface area contributed by atoms with E-state index < -0.39 is 62.0 Å². The zero-order chi connectivity index (χ0) is 31.3. The molecule has 2 heterocycles. The van der Waals surface area contributed by atoms with Crippen LogP contribution in [0.2, 0.25) is 5.02 Å². The topological polar surface area (TPSA) is 111 Å². The van der Waals surface area contributed by atoms with Crippen LogP contribution in [0.25, 0.3) is 0 Å². The molecule has 1 saturated heterocycles. The van der Waals surface area contributed by atoms with Crippen molar-refractivity contribution >= 4 is 56.4 Å². The van der Waals surface area contributed by atoms with E-state index in [1.807, 2.05) is 4.72 Å². The van der Waals surface area contributed by atoms with E-state index in [1.54, 1.807) is 6.92 Å². The SMILES string of the molecule is CC1CN(C(=O)Nc2ccc(C(F)(F)F)cc2)c2c1cc(S(=O)(=O)Nc1c(F)cc(Cl)cc1F)cc2N1CCCNC1=O. The zero-order valence-electron chi connectivity index (χ0n) is 22.2. The van der Waals surface area contributed by atoms with E-state index in [9.17, 15) is 40.0 Å². The number of rotatable bonds is 5. The highest BCUT2D eigenvalue weighted by atomic mass is 35.5. The standard InChI is InChI=1S/C27H23ClF5N5O4S/c1-14-13-38(26(40)35-17-5-3-15(4-6-17)27(31,32)33)24-19(14)11-18(12-22(24)37-8-2-7-34-25(37)39)43(41,42)36-23-20(29)9-16(28)10-21(23)30/h3-6,9-12,14,36H,2,7-8,13H2,1H3,(H,34,39)(H,35,40). The molecule has 0 aliphatic carbocycles. The number of nitrogens with one attached hydrogen (secondary N) is 3. The maximum Gasteiger partial charge on any atom is 0.416 e. The summed E-state index contributed by atoms with van der Waals surface area (Å²) in [5, 5.41) is 4.91. The summed E-state index contributed by atoms with van der Waals surface area (Å²) >= 11 is 5.64. The molecule has 0 aromatic heterocycles. The second kappa shape index (κ2) is 11.2. The van der Waals surface area contributed by atoms with Gasteiger partial charge in [0.15, 0.2) is 11.6 Å². The predicted octanol–water partition coefficient (Wildman–Crippen LogP) is 6.51. The second-order valence-corrected chi connectivity index (χ2v) is 12.1. The van der Waals surface area contributed by atoms with E-state index in [1.165, 1.54) is 15.9 Å². The van der Waals surface area contributed by atoms with Crippen molar-refractivity contribution in [2.45, 2.75) is 30.3 Å². The molecule has 228 valence electrons. The Morgan fingerprint density at radius 2 is 1.72 bits per heavy atom. The van der Waals surface area contributed by atoms with Crippen LogP contribution in [0.1, 0.15) is 30.4 Å². The van der Waals surface area contributed by atoms with Crippen molar-refractivity contribution in [3.63, 3.8) is 0 Å². The minimum Gasteiger partial charge on any atom is -0.338 e. The Hall–Kier alpha value is -4.11. The van der Waals surface area contributed by atoms with Gasteiger partial charge < -0.3 is 10.6 Å². The number of amides is 4. The Labute approximate surface area is 247 Å². The van der Waals surface area contributed by atoms with Crippen LogP contribution < -0.4 is 25.2 Å². The van der Waals surface area contributed by atoms with Crippen LogP contribution in [0.15, 0.2) is 53.4 Å². The third-order valence-electron chi connectivity index (χ3n) is 6.98. The molecular formula is C27H23ClF5N5O4S. The monoisotopic (exact) mass is 643 g/mol. The smallest absolute Gasteiger partial charge is 0.338 e. The van der Waals surface area contributed by atoms with Crippen LogP contribution in [-0.2, 0) is 16.2 Å². The van der Waals surface area contributed by atoms with Crippen LogP contribution in [0.4, 0.5) is 54.3 Å². The minimum atomic E-state index is -4.64. The molecule has 1 atom stereocenters. The highest BCUT2D eigenvalue weighted by Gasteiger charge is 2.38. The van der Waals surface area contributed by atoms with Gasteiger partial charge in [0.25, 0.3) is 10.0 Å². The quantitative estimate of drug-likeness (QED) is 0.275. The number of nitrogens with zero attached hydrogens (tertiary/aromatic N) is 2. The summed E-state index contributed by atoms with van der Waals surface area (Å²) < 4.78 is 96.5. The molecule has 0 saturated carbocycles. The van der Waals surface area contributed by atoms with E-state index in [0.717, 1.165) is 42.5 Å². The number of alkyl halides is 3. The molecule has 5 rings (SSSR count). The fourth-order valence-electron chi connectivity index (χ4n) is 4.92. The third kappa shape index (κ3) is 6.04. The molecule has 43 heavy (non-hydrogen) atoms. The highest BCUT2D eigenvalue weighted by Crippen LogP contribution is 2.46. The van der Waals surface area contributed by atoms with Crippen LogP contribution in [0, 0.1) is 11.6 Å². The van der Waals surface area contributed by atoms with Gasteiger partial charge in [-0.2, -0.15) is 13.2 Å². The summed E-state index contributed by atoms with van der Waals surface area (Å²) in [6.45, 7) is 2.26. The lowest BCUT2D eigenvalue weighted by molar-refractivity contribution is -0.137. The van der Waals surface area contributed by atoms with Crippen molar-refractivity contribution < 1.29 is 40.0 Å². The first-order valence-electron chi connectivity index (χ1n) is 12.8. The number of halogens is 6. The Balaban J connectivity index is 1.55. The molecule has 2 aliphatic rings. The molecule has 2 aliphatic heterocycles. The lowest BCUT2D eigenvalue weighted by atomic mass is 10.0. The van der Waals surface area contributed by atoms with E-state index in [4.69, 9.17) is 11.6 Å². The average molecular weight is 644 g/mol. The van der Waals surface area contributed by atoms with Crippen molar-refractivity contribution in [3.05, 3.63) is 76.3 Å².